The van der Waals surface area contributed by atoms with Gasteiger partial charge in [0.25, 0.3) is 0 Å². The predicted molar refractivity (Wildman–Crippen MR) is 70.6 cm³/mol. The van der Waals surface area contributed by atoms with Gasteiger partial charge in [-0.3, -0.25) is 0 Å². The van der Waals surface area contributed by atoms with Crippen LogP contribution in [0.3, 0.4) is 0 Å². The first-order valence-corrected chi connectivity index (χ1v) is 7.89. The van der Waals surface area contributed by atoms with Crippen LogP contribution in [0, 0.1) is 0 Å². The fourth-order valence-corrected chi connectivity index (χ4v) is 2.03. The van der Waals surface area contributed by atoms with Crippen LogP contribution in [0.4, 0.5) is 13.2 Å². The summed E-state index contributed by atoms with van der Waals surface area (Å²) in [4.78, 5) is 0. The van der Waals surface area contributed by atoms with Crippen molar-refractivity contribution < 1.29 is 21.6 Å². The molecule has 0 heterocycles. The molecule has 114 valence electrons. The maximum atomic E-state index is 12.3. The molecule has 0 radical (unpaired) electrons. The molecule has 8 heteroatoms. The summed E-state index contributed by atoms with van der Waals surface area (Å²) in [5.74, 6) is 0. The van der Waals surface area contributed by atoms with Gasteiger partial charge in [0.2, 0.25) is 10.0 Å². The summed E-state index contributed by atoms with van der Waals surface area (Å²) in [5, 5.41) is 3.03. The molecular weight excluding hydrogens is 293 g/mol. The number of halogens is 3. The summed E-state index contributed by atoms with van der Waals surface area (Å²) in [7, 11) is -3.17. The van der Waals surface area contributed by atoms with Crippen LogP contribution in [0.5, 0.6) is 0 Å². The molecule has 1 aromatic carbocycles. The molecule has 0 saturated heterocycles. The maximum Gasteiger partial charge on any atom is 0.416 e. The van der Waals surface area contributed by atoms with Crippen molar-refractivity contribution in [3.05, 3.63) is 35.4 Å². The Bertz CT molecular complexity index is 512. The van der Waals surface area contributed by atoms with Crippen molar-refractivity contribution in [3.63, 3.8) is 0 Å². The number of benzene rings is 1. The van der Waals surface area contributed by atoms with Crippen molar-refractivity contribution in [3.8, 4) is 0 Å². The lowest BCUT2D eigenvalue weighted by Gasteiger charge is -2.08. The van der Waals surface area contributed by atoms with Crippen LogP contribution in [0.2, 0.25) is 0 Å². The molecule has 2 N–H and O–H groups in total. The van der Waals surface area contributed by atoms with Gasteiger partial charge >= 0.3 is 6.18 Å². The molecule has 0 unspecified atom stereocenters. The average molecular weight is 310 g/mol. The summed E-state index contributed by atoms with van der Waals surface area (Å²) in [5.41, 5.74) is 0.0766. The zero-order valence-corrected chi connectivity index (χ0v) is 11.8. The number of nitrogens with one attached hydrogen (secondary N) is 2. The second-order valence-electron chi connectivity index (χ2n) is 4.39. The van der Waals surface area contributed by atoms with Crippen LogP contribution >= 0.6 is 0 Å². The van der Waals surface area contributed by atoms with E-state index in [0.29, 0.717) is 26.1 Å². The Morgan fingerprint density at radius 2 is 1.70 bits per heavy atom. The Morgan fingerprint density at radius 3 is 2.20 bits per heavy atom. The summed E-state index contributed by atoms with van der Waals surface area (Å²) < 4.78 is 60.9. The van der Waals surface area contributed by atoms with Gasteiger partial charge < -0.3 is 5.32 Å². The number of sulfonamides is 1. The average Bonchev–Trinajstić information content (AvgIpc) is 2.32. The van der Waals surface area contributed by atoms with Gasteiger partial charge in [0.05, 0.1) is 11.8 Å². The fourth-order valence-electron chi connectivity index (χ4n) is 1.52. The summed E-state index contributed by atoms with van der Waals surface area (Å²) >= 11 is 0. The summed E-state index contributed by atoms with van der Waals surface area (Å²) in [6, 6.07) is 4.93. The first-order chi connectivity index (χ1) is 9.18. The second-order valence-corrected chi connectivity index (χ2v) is 6.22. The third-order valence-corrected chi connectivity index (χ3v) is 3.23. The topological polar surface area (TPSA) is 58.2 Å². The van der Waals surface area contributed by atoms with Crippen molar-refractivity contribution in [2.45, 2.75) is 19.1 Å². The largest absolute Gasteiger partial charge is 0.416 e. The van der Waals surface area contributed by atoms with Gasteiger partial charge in [0, 0.05) is 13.1 Å². The Kier molecular flexibility index (Phi) is 5.97. The normalized spacial score (nSPS) is 12.6. The molecule has 0 bridgehead atoms. The first kappa shape index (κ1) is 16.9. The molecule has 0 aliphatic rings. The van der Waals surface area contributed by atoms with Gasteiger partial charge in [-0.2, -0.15) is 13.2 Å². The van der Waals surface area contributed by atoms with Gasteiger partial charge in [-0.15, -0.1) is 0 Å². The minimum atomic E-state index is -4.32. The molecule has 0 spiro atoms. The number of alkyl halides is 3. The highest BCUT2D eigenvalue weighted by molar-refractivity contribution is 7.88. The third kappa shape index (κ3) is 6.88. The monoisotopic (exact) mass is 310 g/mol. The molecule has 0 aromatic heterocycles. The van der Waals surface area contributed by atoms with E-state index in [-0.39, 0.29) is 0 Å². The highest BCUT2D eigenvalue weighted by Gasteiger charge is 2.29. The molecule has 1 rings (SSSR count). The standard InChI is InChI=1S/C12H17F3N2O2S/c1-20(18,19)17-8-2-7-16-9-10-3-5-11(6-4-10)12(13,14)15/h3-6,16-17H,2,7-9H2,1H3. The van der Waals surface area contributed by atoms with Crippen LogP contribution in [0.1, 0.15) is 17.5 Å². The molecule has 1 aromatic rings. The molecule has 0 fully saturated rings. The Morgan fingerprint density at radius 1 is 1.10 bits per heavy atom. The number of rotatable bonds is 7. The van der Waals surface area contributed by atoms with Crippen LogP contribution in [-0.2, 0) is 22.7 Å². The lowest BCUT2D eigenvalue weighted by Crippen LogP contribution is -2.26. The quantitative estimate of drug-likeness (QED) is 0.754. The predicted octanol–water partition coefficient (Wildman–Crippen LogP) is 1.73. The zero-order chi connectivity index (χ0) is 15.2. The Balaban J connectivity index is 2.26. The molecule has 0 aliphatic heterocycles. The first-order valence-electron chi connectivity index (χ1n) is 6.00. The number of hydrogen-bond acceptors (Lipinski definition) is 3. The minimum Gasteiger partial charge on any atom is -0.313 e. The smallest absolute Gasteiger partial charge is 0.313 e. The maximum absolute atomic E-state index is 12.3. The molecular formula is C12H17F3N2O2S. The van der Waals surface area contributed by atoms with Gasteiger partial charge in [-0.05, 0) is 30.7 Å². The highest BCUT2D eigenvalue weighted by atomic mass is 32.2. The zero-order valence-electron chi connectivity index (χ0n) is 11.0. The van der Waals surface area contributed by atoms with Crippen LogP contribution in [-0.4, -0.2) is 27.8 Å². The van der Waals surface area contributed by atoms with Crippen LogP contribution < -0.4 is 10.0 Å². The van der Waals surface area contributed by atoms with Crippen molar-refractivity contribution in [1.29, 1.82) is 0 Å². The molecule has 4 nitrogen and oxygen atoms in total. The van der Waals surface area contributed by atoms with Crippen LogP contribution in [0.25, 0.3) is 0 Å². The van der Waals surface area contributed by atoms with E-state index in [4.69, 9.17) is 0 Å². The van der Waals surface area contributed by atoms with E-state index < -0.39 is 21.8 Å². The van der Waals surface area contributed by atoms with E-state index in [1.54, 1.807) is 0 Å². The second kappa shape index (κ2) is 7.05. The van der Waals surface area contributed by atoms with Crippen molar-refractivity contribution in [1.82, 2.24) is 10.0 Å². The Hall–Kier alpha value is -1.12. The van der Waals surface area contributed by atoms with Gasteiger partial charge in [-0.1, -0.05) is 12.1 Å². The summed E-state index contributed by atoms with van der Waals surface area (Å²) in [6.07, 6.45) is -2.63. The fraction of sp³-hybridized carbons (Fsp3) is 0.500. The van der Waals surface area contributed by atoms with E-state index in [2.05, 4.69) is 10.0 Å². The highest BCUT2D eigenvalue weighted by Crippen LogP contribution is 2.28. The molecule has 0 saturated carbocycles. The SMILES string of the molecule is CS(=O)(=O)NCCCNCc1ccc(C(F)(F)F)cc1. The lowest BCUT2D eigenvalue weighted by atomic mass is 10.1. The Labute approximate surface area is 116 Å². The molecule has 0 atom stereocenters. The summed E-state index contributed by atoms with van der Waals surface area (Å²) in [6.45, 7) is 1.35. The van der Waals surface area contributed by atoms with E-state index in [1.165, 1.54) is 12.1 Å². The van der Waals surface area contributed by atoms with E-state index in [1.807, 2.05) is 0 Å². The van der Waals surface area contributed by atoms with E-state index in [9.17, 15) is 21.6 Å². The minimum absolute atomic E-state index is 0.332. The molecule has 0 amide bonds. The van der Waals surface area contributed by atoms with Crippen LogP contribution in [0.15, 0.2) is 24.3 Å². The van der Waals surface area contributed by atoms with Crippen molar-refractivity contribution in [2.24, 2.45) is 0 Å². The lowest BCUT2D eigenvalue weighted by molar-refractivity contribution is -0.137. The van der Waals surface area contributed by atoms with E-state index >= 15 is 0 Å². The number of hydrogen-bond donors (Lipinski definition) is 2. The van der Waals surface area contributed by atoms with Gasteiger partial charge in [0.15, 0.2) is 0 Å². The molecule has 0 aliphatic carbocycles. The van der Waals surface area contributed by atoms with E-state index in [0.717, 1.165) is 24.0 Å². The van der Waals surface area contributed by atoms with Crippen molar-refractivity contribution >= 4 is 10.0 Å². The van der Waals surface area contributed by atoms with Gasteiger partial charge in [-0.25, -0.2) is 13.1 Å². The van der Waals surface area contributed by atoms with Gasteiger partial charge in [0.1, 0.15) is 0 Å². The molecule has 20 heavy (non-hydrogen) atoms. The third-order valence-electron chi connectivity index (χ3n) is 2.50. The van der Waals surface area contributed by atoms with Crippen molar-refractivity contribution in [2.75, 3.05) is 19.3 Å².